The first-order valence-corrected chi connectivity index (χ1v) is 9.61. The average molecular weight is 436 g/mol. The molecule has 3 N–H and O–H groups in total. The fraction of sp³-hybridized carbons (Fsp3) is 0.0909. The molecule has 0 aliphatic rings. The predicted molar refractivity (Wildman–Crippen MR) is 125 cm³/mol. The minimum Gasteiger partial charge on any atom is -0.507 e. The number of phenolic OH excluding ortho intramolecular Hbond substituents is 1. The highest BCUT2D eigenvalue weighted by Crippen LogP contribution is 2.29. The van der Waals surface area contributed by atoms with E-state index in [-0.39, 0.29) is 5.75 Å². The standard InChI is InChI=1S/C22H21N5O3S/c1-29-19-11-18(12-20(13-19)30-2)26-25-17-8-9-21(28)15(10-17)14-23-27-22(31)24-16-6-4-3-5-7-16/h3-14,28H,1-2H3,(H2,24,27,31). The summed E-state index contributed by atoms with van der Waals surface area (Å²) in [4.78, 5) is 0. The lowest BCUT2D eigenvalue weighted by Gasteiger charge is -2.06. The number of ether oxygens (including phenoxy) is 2. The molecule has 3 aromatic rings. The van der Waals surface area contributed by atoms with Crippen molar-refractivity contribution < 1.29 is 14.6 Å². The van der Waals surface area contributed by atoms with Crippen LogP contribution in [-0.2, 0) is 0 Å². The number of methoxy groups -OCH3 is 2. The van der Waals surface area contributed by atoms with Crippen LogP contribution in [0.15, 0.2) is 82.1 Å². The van der Waals surface area contributed by atoms with E-state index >= 15 is 0 Å². The summed E-state index contributed by atoms with van der Waals surface area (Å²) in [6, 6.07) is 19.5. The number of azo groups is 1. The number of thiocarbonyl (C=S) groups is 1. The Morgan fingerprint density at radius 1 is 0.903 bits per heavy atom. The first-order chi connectivity index (χ1) is 15.1. The molecule has 0 spiro atoms. The zero-order valence-electron chi connectivity index (χ0n) is 16.9. The number of hydrogen-bond acceptors (Lipinski definition) is 7. The Kier molecular flexibility index (Phi) is 7.50. The highest BCUT2D eigenvalue weighted by atomic mass is 32.1. The van der Waals surface area contributed by atoms with Crippen molar-refractivity contribution in [2.75, 3.05) is 19.5 Å². The number of hydrogen-bond donors (Lipinski definition) is 3. The van der Waals surface area contributed by atoms with Gasteiger partial charge in [0.1, 0.15) is 17.2 Å². The Morgan fingerprint density at radius 2 is 1.58 bits per heavy atom. The van der Waals surface area contributed by atoms with Gasteiger partial charge < -0.3 is 19.9 Å². The molecule has 0 saturated heterocycles. The molecule has 8 nitrogen and oxygen atoms in total. The van der Waals surface area contributed by atoms with Gasteiger partial charge in [-0.25, -0.2) is 0 Å². The molecule has 0 fully saturated rings. The molecule has 3 aromatic carbocycles. The molecule has 0 aliphatic carbocycles. The van der Waals surface area contributed by atoms with E-state index in [9.17, 15) is 5.11 Å². The summed E-state index contributed by atoms with van der Waals surface area (Å²) in [5.41, 5.74) is 5.10. The van der Waals surface area contributed by atoms with Crippen LogP contribution in [-0.4, -0.2) is 30.7 Å². The van der Waals surface area contributed by atoms with Crippen molar-refractivity contribution in [1.82, 2.24) is 5.43 Å². The van der Waals surface area contributed by atoms with Crippen LogP contribution in [0, 0.1) is 0 Å². The third kappa shape index (κ3) is 6.51. The van der Waals surface area contributed by atoms with Crippen molar-refractivity contribution >= 4 is 40.6 Å². The number of aromatic hydroxyl groups is 1. The van der Waals surface area contributed by atoms with Gasteiger partial charge in [0.15, 0.2) is 5.11 Å². The number of para-hydroxylation sites is 1. The summed E-state index contributed by atoms with van der Waals surface area (Å²) in [5.74, 6) is 1.27. The average Bonchev–Trinajstić information content (AvgIpc) is 2.79. The first-order valence-electron chi connectivity index (χ1n) is 9.20. The Hall–Kier alpha value is -3.98. The van der Waals surface area contributed by atoms with Crippen LogP contribution in [0.3, 0.4) is 0 Å². The lowest BCUT2D eigenvalue weighted by molar-refractivity contribution is 0.394. The summed E-state index contributed by atoms with van der Waals surface area (Å²) in [6.07, 6.45) is 1.45. The lowest BCUT2D eigenvalue weighted by Crippen LogP contribution is -2.23. The van der Waals surface area contributed by atoms with Gasteiger partial charge in [-0.1, -0.05) is 18.2 Å². The number of nitrogens with zero attached hydrogens (tertiary/aromatic N) is 3. The fourth-order valence-corrected chi connectivity index (χ4v) is 2.68. The zero-order chi connectivity index (χ0) is 22.1. The van der Waals surface area contributed by atoms with Gasteiger partial charge in [0.05, 0.1) is 31.8 Å². The molecule has 158 valence electrons. The van der Waals surface area contributed by atoms with E-state index in [0.717, 1.165) is 5.69 Å². The van der Waals surface area contributed by atoms with Crippen LogP contribution >= 0.6 is 12.2 Å². The normalized spacial score (nSPS) is 10.9. The number of nitrogens with one attached hydrogen (secondary N) is 2. The smallest absolute Gasteiger partial charge is 0.191 e. The quantitative estimate of drug-likeness (QED) is 0.206. The van der Waals surface area contributed by atoms with E-state index in [1.54, 1.807) is 44.6 Å². The van der Waals surface area contributed by atoms with Crippen molar-refractivity contribution in [2.24, 2.45) is 15.3 Å². The van der Waals surface area contributed by atoms with Crippen LogP contribution in [0.25, 0.3) is 0 Å². The lowest BCUT2D eigenvalue weighted by atomic mass is 10.2. The van der Waals surface area contributed by atoms with Gasteiger partial charge in [0, 0.05) is 29.4 Å². The highest BCUT2D eigenvalue weighted by Gasteiger charge is 2.03. The van der Waals surface area contributed by atoms with E-state index < -0.39 is 0 Å². The Labute approximate surface area is 185 Å². The molecule has 9 heteroatoms. The molecule has 0 bridgehead atoms. The molecule has 31 heavy (non-hydrogen) atoms. The van der Waals surface area contributed by atoms with Crippen LogP contribution in [0.2, 0.25) is 0 Å². The van der Waals surface area contributed by atoms with E-state index in [1.807, 2.05) is 30.3 Å². The largest absolute Gasteiger partial charge is 0.507 e. The van der Waals surface area contributed by atoms with Crippen LogP contribution in [0.4, 0.5) is 17.1 Å². The molecule has 0 saturated carbocycles. The maximum atomic E-state index is 10.1. The van der Waals surface area contributed by atoms with E-state index in [1.165, 1.54) is 12.3 Å². The monoisotopic (exact) mass is 435 g/mol. The topological polar surface area (TPSA) is 99.8 Å². The third-order valence-corrected chi connectivity index (χ3v) is 4.22. The van der Waals surface area contributed by atoms with Gasteiger partial charge in [0.25, 0.3) is 0 Å². The Balaban J connectivity index is 1.68. The number of rotatable bonds is 7. The second kappa shape index (κ2) is 10.7. The van der Waals surface area contributed by atoms with Gasteiger partial charge in [-0.3, -0.25) is 5.43 Å². The highest BCUT2D eigenvalue weighted by molar-refractivity contribution is 7.80. The molecule has 0 heterocycles. The van der Waals surface area contributed by atoms with Gasteiger partial charge in [-0.2, -0.15) is 15.3 Å². The number of phenols is 1. The van der Waals surface area contributed by atoms with E-state index in [2.05, 4.69) is 26.1 Å². The molecule has 3 rings (SSSR count). The zero-order valence-corrected chi connectivity index (χ0v) is 17.8. The molecule has 0 unspecified atom stereocenters. The van der Waals surface area contributed by atoms with Crippen LogP contribution < -0.4 is 20.2 Å². The molecule has 0 radical (unpaired) electrons. The van der Waals surface area contributed by atoms with Crippen molar-refractivity contribution in [3.05, 3.63) is 72.3 Å². The van der Waals surface area contributed by atoms with Crippen molar-refractivity contribution in [2.45, 2.75) is 0 Å². The second-order valence-electron chi connectivity index (χ2n) is 6.20. The van der Waals surface area contributed by atoms with Gasteiger partial charge >= 0.3 is 0 Å². The molecular weight excluding hydrogens is 414 g/mol. The number of anilines is 1. The maximum Gasteiger partial charge on any atom is 0.191 e. The van der Waals surface area contributed by atoms with E-state index in [4.69, 9.17) is 21.7 Å². The summed E-state index contributed by atoms with van der Waals surface area (Å²) in [6.45, 7) is 0. The number of hydrazone groups is 1. The van der Waals surface area contributed by atoms with Gasteiger partial charge in [-0.15, -0.1) is 0 Å². The van der Waals surface area contributed by atoms with Gasteiger partial charge in [-0.05, 0) is 42.5 Å². The Morgan fingerprint density at radius 3 is 2.26 bits per heavy atom. The van der Waals surface area contributed by atoms with Crippen LogP contribution in [0.1, 0.15) is 5.56 Å². The van der Waals surface area contributed by atoms with Crippen molar-refractivity contribution in [1.29, 1.82) is 0 Å². The van der Waals surface area contributed by atoms with Crippen molar-refractivity contribution in [3.63, 3.8) is 0 Å². The summed E-state index contributed by atoms with van der Waals surface area (Å²) in [5, 5.41) is 25.9. The molecule has 0 aromatic heterocycles. The summed E-state index contributed by atoms with van der Waals surface area (Å²) < 4.78 is 10.5. The van der Waals surface area contributed by atoms with Crippen molar-refractivity contribution in [3.8, 4) is 17.2 Å². The van der Waals surface area contributed by atoms with E-state index in [0.29, 0.717) is 33.5 Å². The van der Waals surface area contributed by atoms with Crippen LogP contribution in [0.5, 0.6) is 17.2 Å². The second-order valence-corrected chi connectivity index (χ2v) is 6.61. The SMILES string of the molecule is COc1cc(N=Nc2ccc(O)c(C=NNC(=S)Nc3ccccc3)c2)cc(OC)c1. The number of benzene rings is 3. The summed E-state index contributed by atoms with van der Waals surface area (Å²) >= 11 is 5.19. The fourth-order valence-electron chi connectivity index (χ4n) is 2.51. The maximum absolute atomic E-state index is 10.1. The minimum absolute atomic E-state index is 0.0505. The minimum atomic E-state index is 0.0505. The Bertz CT molecular complexity index is 1080. The molecule has 0 atom stereocenters. The predicted octanol–water partition coefficient (Wildman–Crippen LogP) is 5.15. The first kappa shape index (κ1) is 21.7. The molecule has 0 aliphatic heterocycles. The third-order valence-electron chi connectivity index (χ3n) is 4.03. The molecule has 0 amide bonds. The summed E-state index contributed by atoms with van der Waals surface area (Å²) in [7, 11) is 3.13. The van der Waals surface area contributed by atoms with Gasteiger partial charge in [0.2, 0.25) is 0 Å². The molecular formula is C22H21N5O3S.